The zero-order chi connectivity index (χ0) is 23.2. The summed E-state index contributed by atoms with van der Waals surface area (Å²) >= 11 is 0. The van der Waals surface area contributed by atoms with Gasteiger partial charge in [0.1, 0.15) is 5.75 Å². The fourth-order valence-corrected chi connectivity index (χ4v) is 4.30. The molecule has 2 aromatic carbocycles. The molecule has 174 valence electrons. The maximum absolute atomic E-state index is 12.6. The number of rotatable bonds is 8. The van der Waals surface area contributed by atoms with Crippen LogP contribution in [0, 0.1) is 0 Å². The maximum atomic E-state index is 12.6. The van der Waals surface area contributed by atoms with Crippen LogP contribution in [0.25, 0.3) is 10.9 Å². The molecule has 0 radical (unpaired) electrons. The molecule has 1 aliphatic heterocycles. The van der Waals surface area contributed by atoms with E-state index < -0.39 is 0 Å². The van der Waals surface area contributed by atoms with Crippen molar-refractivity contribution >= 4 is 22.5 Å². The van der Waals surface area contributed by atoms with Crippen LogP contribution in [0.5, 0.6) is 5.75 Å². The Morgan fingerprint density at radius 2 is 1.76 bits per heavy atom. The van der Waals surface area contributed by atoms with Crippen LogP contribution >= 0.6 is 0 Å². The average molecular weight is 451 g/mol. The number of aromatic amines is 1. The minimum absolute atomic E-state index is 0.168. The summed E-state index contributed by atoms with van der Waals surface area (Å²) in [7, 11) is 1.66. The van der Waals surface area contributed by atoms with Crippen molar-refractivity contribution in [3.63, 3.8) is 0 Å². The molecule has 1 aromatic heterocycles. The largest absolute Gasteiger partial charge is 0.497 e. The first-order valence-corrected chi connectivity index (χ1v) is 11.5. The number of methoxy groups -OCH3 is 1. The quantitative estimate of drug-likeness (QED) is 0.533. The predicted octanol–water partition coefficient (Wildman–Crippen LogP) is 2.61. The number of hydrogen-bond donors (Lipinski definition) is 1. The van der Waals surface area contributed by atoms with E-state index in [1.54, 1.807) is 31.4 Å². The van der Waals surface area contributed by atoms with Crippen LogP contribution in [0.15, 0.2) is 58.1 Å². The van der Waals surface area contributed by atoms with Crippen molar-refractivity contribution in [2.24, 2.45) is 0 Å². The van der Waals surface area contributed by atoms with Gasteiger partial charge in [-0.2, -0.15) is 0 Å². The third kappa shape index (κ3) is 5.27. The number of ether oxygens (including phenoxy) is 1. The van der Waals surface area contributed by atoms with E-state index in [-0.39, 0.29) is 17.2 Å². The summed E-state index contributed by atoms with van der Waals surface area (Å²) in [5.74, 6) is 1.000. The number of para-hydroxylation sites is 1. The Morgan fingerprint density at radius 3 is 2.55 bits per heavy atom. The number of carbonyl (C=O) groups is 1. The van der Waals surface area contributed by atoms with Crippen molar-refractivity contribution in [2.45, 2.75) is 32.2 Å². The molecular formula is C25H30N4O4. The molecule has 0 spiro atoms. The van der Waals surface area contributed by atoms with Crippen LogP contribution in [-0.4, -0.2) is 53.6 Å². The number of aromatic nitrogens is 2. The number of benzene rings is 2. The van der Waals surface area contributed by atoms with Crippen molar-refractivity contribution in [3.8, 4) is 5.75 Å². The van der Waals surface area contributed by atoms with Crippen molar-refractivity contribution in [2.75, 3.05) is 38.2 Å². The molecule has 2 heterocycles. The minimum atomic E-state index is -0.385. The van der Waals surface area contributed by atoms with Gasteiger partial charge in [0, 0.05) is 50.9 Å². The molecule has 1 N–H and O–H groups in total. The average Bonchev–Trinajstić information content (AvgIpc) is 2.85. The summed E-state index contributed by atoms with van der Waals surface area (Å²) in [6.45, 7) is 3.36. The summed E-state index contributed by atoms with van der Waals surface area (Å²) in [5, 5.41) is 0.514. The number of hydrogen-bond acceptors (Lipinski definition) is 5. The number of anilines is 1. The molecule has 0 saturated carbocycles. The molecule has 0 aliphatic carbocycles. The fraction of sp³-hybridized carbons (Fsp3) is 0.400. The van der Waals surface area contributed by atoms with Crippen LogP contribution in [0.2, 0.25) is 0 Å². The monoisotopic (exact) mass is 450 g/mol. The third-order valence-electron chi connectivity index (χ3n) is 6.21. The Morgan fingerprint density at radius 1 is 0.970 bits per heavy atom. The van der Waals surface area contributed by atoms with Gasteiger partial charge in [-0.3, -0.25) is 14.2 Å². The summed E-state index contributed by atoms with van der Waals surface area (Å²) in [6.07, 6.45) is 2.70. The van der Waals surface area contributed by atoms with Crippen LogP contribution < -0.4 is 20.9 Å². The lowest BCUT2D eigenvalue weighted by molar-refractivity contribution is -0.131. The molecular weight excluding hydrogens is 420 g/mol. The Kier molecular flexibility index (Phi) is 7.12. The molecule has 8 heteroatoms. The smallest absolute Gasteiger partial charge is 0.328 e. The number of amides is 1. The molecule has 3 aromatic rings. The highest BCUT2D eigenvalue weighted by Crippen LogP contribution is 2.22. The third-order valence-corrected chi connectivity index (χ3v) is 6.21. The summed E-state index contributed by atoms with van der Waals surface area (Å²) < 4.78 is 6.55. The Bertz CT molecular complexity index is 1220. The van der Waals surface area contributed by atoms with Gasteiger partial charge in [-0.25, -0.2) is 4.79 Å². The highest BCUT2D eigenvalue weighted by molar-refractivity contribution is 5.77. The number of carbonyl (C=O) groups excluding carboxylic acids is 1. The standard InChI is InChI=1S/C25H30N4O4/c1-33-20-9-7-8-19(18-20)27-14-16-28(17-15-27)23(30)12-3-2-6-13-29-24(31)21-10-4-5-11-22(21)26-25(29)32/h4-5,7-11,18H,2-3,6,12-17H2,1H3,(H,26,32). The Labute approximate surface area is 192 Å². The minimum Gasteiger partial charge on any atom is -0.497 e. The number of nitrogens with one attached hydrogen (secondary N) is 1. The summed E-state index contributed by atoms with van der Waals surface area (Å²) in [6, 6.07) is 15.0. The van der Waals surface area contributed by atoms with Gasteiger partial charge in [0.25, 0.3) is 5.56 Å². The number of nitrogens with zero attached hydrogens (tertiary/aromatic N) is 3. The van der Waals surface area contributed by atoms with Gasteiger partial charge in [0.05, 0.1) is 18.0 Å². The molecule has 33 heavy (non-hydrogen) atoms. The van der Waals surface area contributed by atoms with Gasteiger partial charge < -0.3 is 19.5 Å². The van der Waals surface area contributed by atoms with Crippen LogP contribution in [0.1, 0.15) is 25.7 Å². The van der Waals surface area contributed by atoms with E-state index in [9.17, 15) is 14.4 Å². The van der Waals surface area contributed by atoms with E-state index in [1.807, 2.05) is 23.1 Å². The van der Waals surface area contributed by atoms with Crippen molar-refractivity contribution in [1.29, 1.82) is 0 Å². The molecule has 8 nitrogen and oxygen atoms in total. The van der Waals surface area contributed by atoms with Crippen LogP contribution in [0.4, 0.5) is 5.69 Å². The molecule has 1 amide bonds. The van der Waals surface area contributed by atoms with Crippen molar-refractivity contribution in [1.82, 2.24) is 14.5 Å². The van der Waals surface area contributed by atoms with Gasteiger partial charge in [0.2, 0.25) is 5.91 Å². The predicted molar refractivity (Wildman–Crippen MR) is 129 cm³/mol. The van der Waals surface area contributed by atoms with E-state index in [1.165, 1.54) is 4.57 Å². The zero-order valence-corrected chi connectivity index (χ0v) is 19.0. The van der Waals surface area contributed by atoms with Crippen LogP contribution in [-0.2, 0) is 11.3 Å². The normalized spacial score (nSPS) is 14.0. The molecule has 0 atom stereocenters. The molecule has 4 rings (SSSR count). The molecule has 1 aliphatic rings. The van der Waals surface area contributed by atoms with Gasteiger partial charge in [0.15, 0.2) is 0 Å². The van der Waals surface area contributed by atoms with E-state index in [2.05, 4.69) is 16.0 Å². The lowest BCUT2D eigenvalue weighted by Gasteiger charge is -2.36. The van der Waals surface area contributed by atoms with E-state index in [4.69, 9.17) is 4.74 Å². The Hall–Kier alpha value is -3.55. The first-order chi connectivity index (χ1) is 16.1. The molecule has 0 bridgehead atoms. The van der Waals surface area contributed by atoms with Gasteiger partial charge in [-0.1, -0.05) is 24.6 Å². The number of H-pyrrole nitrogens is 1. The molecule has 1 saturated heterocycles. The maximum Gasteiger partial charge on any atom is 0.328 e. The number of unbranched alkanes of at least 4 members (excludes halogenated alkanes) is 2. The highest BCUT2D eigenvalue weighted by Gasteiger charge is 2.21. The SMILES string of the molecule is COc1cccc(N2CCN(C(=O)CCCCCn3c(=O)[nH]c4ccccc4c3=O)CC2)c1. The van der Waals surface area contributed by atoms with Gasteiger partial charge >= 0.3 is 5.69 Å². The topological polar surface area (TPSA) is 87.6 Å². The second-order valence-electron chi connectivity index (χ2n) is 8.31. The summed E-state index contributed by atoms with van der Waals surface area (Å²) in [4.78, 5) is 44.4. The van der Waals surface area contributed by atoms with E-state index in [0.29, 0.717) is 43.4 Å². The van der Waals surface area contributed by atoms with Crippen molar-refractivity contribution in [3.05, 3.63) is 69.4 Å². The lowest BCUT2D eigenvalue weighted by atomic mass is 10.1. The van der Waals surface area contributed by atoms with Gasteiger partial charge in [-0.05, 0) is 37.1 Å². The second-order valence-corrected chi connectivity index (χ2v) is 8.31. The highest BCUT2D eigenvalue weighted by atomic mass is 16.5. The molecule has 1 fully saturated rings. The first kappa shape index (κ1) is 22.6. The first-order valence-electron chi connectivity index (χ1n) is 11.5. The zero-order valence-electron chi connectivity index (χ0n) is 19.0. The van der Waals surface area contributed by atoms with E-state index in [0.717, 1.165) is 37.4 Å². The second kappa shape index (κ2) is 10.4. The van der Waals surface area contributed by atoms with Gasteiger partial charge in [-0.15, -0.1) is 0 Å². The number of fused-ring (bicyclic) bond motifs is 1. The number of piperazine rings is 1. The summed E-state index contributed by atoms with van der Waals surface area (Å²) in [5.41, 5.74) is 1.02. The fourth-order valence-electron chi connectivity index (χ4n) is 4.30. The molecule has 0 unspecified atom stereocenters. The van der Waals surface area contributed by atoms with Crippen LogP contribution in [0.3, 0.4) is 0 Å². The van der Waals surface area contributed by atoms with E-state index >= 15 is 0 Å². The van der Waals surface area contributed by atoms with Crippen molar-refractivity contribution < 1.29 is 9.53 Å². The Balaban J connectivity index is 1.21. The lowest BCUT2D eigenvalue weighted by Crippen LogP contribution is -2.48.